The van der Waals surface area contributed by atoms with Crippen LogP contribution >= 0.6 is 0 Å². The second-order valence-corrected chi connectivity index (χ2v) is 6.53. The third kappa shape index (κ3) is 4.07. The van der Waals surface area contributed by atoms with E-state index in [9.17, 15) is 9.59 Å². The monoisotopic (exact) mass is 359 g/mol. The van der Waals surface area contributed by atoms with Crippen LogP contribution in [0.1, 0.15) is 42.6 Å². The predicted molar refractivity (Wildman–Crippen MR) is 96.1 cm³/mol. The van der Waals surface area contributed by atoms with Crippen molar-refractivity contribution >= 4 is 11.9 Å². The summed E-state index contributed by atoms with van der Waals surface area (Å²) in [7, 11) is 0. The molecule has 2 aliphatic rings. The number of fused-ring (bicyclic) bond motifs is 1. The van der Waals surface area contributed by atoms with Gasteiger partial charge in [-0.25, -0.2) is 4.79 Å². The van der Waals surface area contributed by atoms with Crippen LogP contribution < -0.4 is 4.74 Å². The largest absolute Gasteiger partial charge is 0.493 e. The minimum atomic E-state index is -0.364. The Bertz CT molecular complexity index is 725. The molecule has 0 atom stereocenters. The number of carbonyl (C=O) groups is 2. The highest BCUT2D eigenvalue weighted by molar-refractivity contribution is 5.94. The lowest BCUT2D eigenvalue weighted by molar-refractivity contribution is -0.128. The molecule has 0 fully saturated rings. The van der Waals surface area contributed by atoms with Gasteiger partial charge in [0.1, 0.15) is 5.75 Å². The molecule has 0 N–H and O–H groups in total. The summed E-state index contributed by atoms with van der Waals surface area (Å²) in [6, 6.07) is 5.28. The molecule has 6 nitrogen and oxygen atoms in total. The van der Waals surface area contributed by atoms with Gasteiger partial charge in [0, 0.05) is 30.6 Å². The van der Waals surface area contributed by atoms with Gasteiger partial charge in [-0.1, -0.05) is 6.07 Å². The summed E-state index contributed by atoms with van der Waals surface area (Å²) in [4.78, 5) is 26.8. The first-order valence-electron chi connectivity index (χ1n) is 9.08. The first-order chi connectivity index (χ1) is 12.6. The fourth-order valence-corrected chi connectivity index (χ4v) is 3.24. The number of rotatable bonds is 3. The van der Waals surface area contributed by atoms with Crippen molar-refractivity contribution in [3.05, 3.63) is 40.5 Å². The van der Waals surface area contributed by atoms with Crippen LogP contribution in [0.25, 0.3) is 0 Å². The molecule has 0 aromatic heterocycles. The minimum absolute atomic E-state index is 0.0770. The van der Waals surface area contributed by atoms with Gasteiger partial charge in [0.05, 0.1) is 32.0 Å². The molecule has 0 saturated heterocycles. The van der Waals surface area contributed by atoms with Crippen molar-refractivity contribution in [1.82, 2.24) is 4.90 Å². The highest BCUT2D eigenvalue weighted by Gasteiger charge is 2.25. The molecule has 1 amide bonds. The quantitative estimate of drug-likeness (QED) is 0.777. The molecular formula is C20H25NO5. The van der Waals surface area contributed by atoms with Gasteiger partial charge in [0.2, 0.25) is 5.91 Å². The van der Waals surface area contributed by atoms with E-state index in [2.05, 4.69) is 0 Å². The highest BCUT2D eigenvalue weighted by Crippen LogP contribution is 2.27. The Morgan fingerprint density at radius 2 is 2.12 bits per heavy atom. The van der Waals surface area contributed by atoms with Crippen LogP contribution in [0, 0.1) is 0 Å². The van der Waals surface area contributed by atoms with Crippen LogP contribution in [0.4, 0.5) is 0 Å². The lowest BCUT2D eigenvalue weighted by Crippen LogP contribution is -2.36. The number of hydrogen-bond acceptors (Lipinski definition) is 5. The van der Waals surface area contributed by atoms with Gasteiger partial charge in [-0.05, 0) is 38.0 Å². The third-order valence-corrected chi connectivity index (χ3v) is 4.64. The summed E-state index contributed by atoms with van der Waals surface area (Å²) in [5.74, 6) is 0.357. The van der Waals surface area contributed by atoms with Gasteiger partial charge in [-0.15, -0.1) is 0 Å². The van der Waals surface area contributed by atoms with E-state index >= 15 is 0 Å². The van der Waals surface area contributed by atoms with Crippen LogP contribution in [0.3, 0.4) is 0 Å². The summed E-state index contributed by atoms with van der Waals surface area (Å²) in [6.45, 7) is 6.80. The molecule has 1 aromatic rings. The maximum Gasteiger partial charge on any atom is 0.338 e. The zero-order chi connectivity index (χ0) is 18.5. The molecule has 0 saturated carbocycles. The highest BCUT2D eigenvalue weighted by atomic mass is 16.5. The average Bonchev–Trinajstić information content (AvgIpc) is 2.62. The number of carbonyl (C=O) groups excluding carboxylic acids is 2. The van der Waals surface area contributed by atoms with Crippen LogP contribution in [0.15, 0.2) is 29.3 Å². The normalized spacial score (nSPS) is 17.7. The first-order valence-corrected chi connectivity index (χ1v) is 9.08. The molecule has 3 rings (SSSR count). The van der Waals surface area contributed by atoms with E-state index in [1.165, 1.54) is 0 Å². The Hall–Kier alpha value is -2.34. The molecule has 0 unspecified atom stereocenters. The molecule has 0 spiro atoms. The number of benzene rings is 1. The van der Waals surface area contributed by atoms with Crippen molar-refractivity contribution in [3.8, 4) is 5.75 Å². The lowest BCUT2D eigenvalue weighted by atomic mass is 10.0. The van der Waals surface area contributed by atoms with Gasteiger partial charge in [-0.2, -0.15) is 0 Å². The molecule has 26 heavy (non-hydrogen) atoms. The zero-order valence-corrected chi connectivity index (χ0v) is 15.4. The second-order valence-electron chi connectivity index (χ2n) is 6.53. The molecule has 0 bridgehead atoms. The molecule has 0 aliphatic carbocycles. The van der Waals surface area contributed by atoms with E-state index in [4.69, 9.17) is 14.2 Å². The number of amides is 1. The van der Waals surface area contributed by atoms with Crippen molar-refractivity contribution in [2.75, 3.05) is 33.0 Å². The van der Waals surface area contributed by atoms with E-state index in [0.29, 0.717) is 57.3 Å². The molecular weight excluding hydrogens is 334 g/mol. The minimum Gasteiger partial charge on any atom is -0.493 e. The SMILES string of the molecule is CCOC(=O)c1ccc2c(c1)OCCCN(C(=O)C1=C(C)COCC1)C2. The molecule has 140 valence electrons. The Labute approximate surface area is 153 Å². The molecule has 2 aliphatic heterocycles. The van der Waals surface area contributed by atoms with Crippen LogP contribution in [-0.2, 0) is 20.8 Å². The fourth-order valence-electron chi connectivity index (χ4n) is 3.24. The molecule has 0 radical (unpaired) electrons. The van der Waals surface area contributed by atoms with Gasteiger partial charge in [-0.3, -0.25) is 4.79 Å². The van der Waals surface area contributed by atoms with E-state index in [1.54, 1.807) is 19.1 Å². The van der Waals surface area contributed by atoms with Crippen LogP contribution in [0.2, 0.25) is 0 Å². The number of esters is 1. The third-order valence-electron chi connectivity index (χ3n) is 4.64. The van der Waals surface area contributed by atoms with E-state index in [1.807, 2.05) is 17.9 Å². The Morgan fingerprint density at radius 3 is 2.88 bits per heavy atom. The zero-order valence-electron chi connectivity index (χ0n) is 15.4. The summed E-state index contributed by atoms with van der Waals surface area (Å²) < 4.78 is 16.3. The van der Waals surface area contributed by atoms with E-state index < -0.39 is 0 Å². The standard InChI is InChI=1S/C20H25NO5/c1-3-25-20(23)15-5-6-16-12-21(8-4-9-26-18(16)11-15)19(22)17-7-10-24-13-14(17)2/h5-6,11H,3-4,7-10,12-13H2,1-2H3. The van der Waals surface area contributed by atoms with Crippen molar-refractivity contribution in [2.24, 2.45) is 0 Å². The van der Waals surface area contributed by atoms with Gasteiger partial charge in [0.25, 0.3) is 0 Å². The number of ether oxygens (including phenoxy) is 3. The molecule has 1 aromatic carbocycles. The fraction of sp³-hybridized carbons (Fsp3) is 0.500. The van der Waals surface area contributed by atoms with Gasteiger partial charge >= 0.3 is 5.97 Å². The molecule has 2 heterocycles. The predicted octanol–water partition coefficient (Wildman–Crippen LogP) is 2.71. The van der Waals surface area contributed by atoms with Crippen molar-refractivity contribution in [2.45, 2.75) is 33.2 Å². The van der Waals surface area contributed by atoms with Crippen molar-refractivity contribution in [1.29, 1.82) is 0 Å². The Balaban J connectivity index is 1.82. The van der Waals surface area contributed by atoms with Crippen molar-refractivity contribution in [3.63, 3.8) is 0 Å². The molecule has 6 heteroatoms. The average molecular weight is 359 g/mol. The van der Waals surface area contributed by atoms with E-state index in [0.717, 1.165) is 23.1 Å². The summed E-state index contributed by atoms with van der Waals surface area (Å²) in [6.07, 6.45) is 1.41. The summed E-state index contributed by atoms with van der Waals surface area (Å²) in [5, 5.41) is 0. The summed E-state index contributed by atoms with van der Waals surface area (Å²) in [5.41, 5.74) is 3.24. The first kappa shape index (κ1) is 18.5. The maximum atomic E-state index is 13.0. The lowest BCUT2D eigenvalue weighted by Gasteiger charge is -2.29. The Morgan fingerprint density at radius 1 is 1.27 bits per heavy atom. The van der Waals surface area contributed by atoms with E-state index in [-0.39, 0.29) is 11.9 Å². The smallest absolute Gasteiger partial charge is 0.338 e. The number of nitrogens with zero attached hydrogens (tertiary/aromatic N) is 1. The van der Waals surface area contributed by atoms with Crippen LogP contribution in [0.5, 0.6) is 5.75 Å². The Kier molecular flexibility index (Phi) is 5.93. The summed E-state index contributed by atoms with van der Waals surface area (Å²) >= 11 is 0. The topological polar surface area (TPSA) is 65.1 Å². The number of hydrogen-bond donors (Lipinski definition) is 0. The van der Waals surface area contributed by atoms with Crippen molar-refractivity contribution < 1.29 is 23.8 Å². The second kappa shape index (κ2) is 8.36. The van der Waals surface area contributed by atoms with Crippen LogP contribution in [-0.4, -0.2) is 49.7 Å². The maximum absolute atomic E-state index is 13.0. The van der Waals surface area contributed by atoms with Gasteiger partial charge in [0.15, 0.2) is 0 Å². The van der Waals surface area contributed by atoms with Gasteiger partial charge < -0.3 is 19.1 Å².